The van der Waals surface area contributed by atoms with Crippen molar-refractivity contribution < 1.29 is 14.0 Å². The number of hydrogen-bond donors (Lipinski definition) is 3. The zero-order valence-corrected chi connectivity index (χ0v) is 15.1. The van der Waals surface area contributed by atoms with E-state index >= 15 is 0 Å². The zero-order chi connectivity index (χ0) is 19.4. The van der Waals surface area contributed by atoms with Crippen molar-refractivity contribution in [1.82, 2.24) is 10.3 Å². The molecule has 1 heterocycles. The number of aromatic amines is 1. The number of benzene rings is 2. The lowest BCUT2D eigenvalue weighted by atomic mass is 10.0. The predicted molar refractivity (Wildman–Crippen MR) is 102 cm³/mol. The van der Waals surface area contributed by atoms with Crippen LogP contribution in [0.15, 0.2) is 57.7 Å². The third-order valence-electron chi connectivity index (χ3n) is 4.16. The van der Waals surface area contributed by atoms with Gasteiger partial charge in [0, 0.05) is 5.69 Å². The van der Waals surface area contributed by atoms with E-state index in [4.69, 9.17) is 4.42 Å². The van der Waals surface area contributed by atoms with Crippen LogP contribution in [0, 0.1) is 5.92 Å². The Morgan fingerprint density at radius 2 is 1.85 bits per heavy atom. The van der Waals surface area contributed by atoms with E-state index in [-0.39, 0.29) is 24.2 Å². The van der Waals surface area contributed by atoms with Gasteiger partial charge in [0.05, 0.1) is 11.9 Å². The quantitative estimate of drug-likeness (QED) is 0.622. The van der Waals surface area contributed by atoms with Gasteiger partial charge < -0.3 is 15.1 Å². The van der Waals surface area contributed by atoms with Crippen molar-refractivity contribution in [3.05, 3.63) is 64.6 Å². The van der Waals surface area contributed by atoms with Crippen LogP contribution < -0.4 is 16.4 Å². The smallest absolute Gasteiger partial charge is 0.408 e. The van der Waals surface area contributed by atoms with Crippen molar-refractivity contribution >= 4 is 28.6 Å². The first-order chi connectivity index (χ1) is 12.9. The molecule has 27 heavy (non-hydrogen) atoms. The van der Waals surface area contributed by atoms with Gasteiger partial charge >= 0.3 is 5.76 Å². The maximum atomic E-state index is 12.7. The summed E-state index contributed by atoms with van der Waals surface area (Å²) < 4.78 is 4.94. The second-order valence-electron chi connectivity index (χ2n) is 6.67. The number of rotatable bonds is 6. The molecule has 140 valence electrons. The summed E-state index contributed by atoms with van der Waals surface area (Å²) in [5.74, 6) is -1.19. The number of hydrogen-bond acceptors (Lipinski definition) is 4. The van der Waals surface area contributed by atoms with Crippen LogP contribution in [0.25, 0.3) is 11.1 Å². The Hall–Kier alpha value is -3.35. The molecule has 7 heteroatoms. The summed E-state index contributed by atoms with van der Waals surface area (Å²) in [6.45, 7) is 3.73. The van der Waals surface area contributed by atoms with Crippen LogP contribution in [-0.4, -0.2) is 22.8 Å². The van der Waals surface area contributed by atoms with Gasteiger partial charge in [0.15, 0.2) is 5.58 Å². The molecule has 1 unspecified atom stereocenters. The molecular formula is C20H21N3O4. The molecule has 0 spiro atoms. The molecule has 0 bridgehead atoms. The first-order valence-corrected chi connectivity index (χ1v) is 8.69. The number of carbonyl (C=O) groups excluding carboxylic acids is 2. The predicted octanol–water partition coefficient (Wildman–Crippen LogP) is 2.44. The Morgan fingerprint density at radius 1 is 1.11 bits per heavy atom. The minimum absolute atomic E-state index is 0.0952. The molecule has 1 aromatic heterocycles. The van der Waals surface area contributed by atoms with Crippen molar-refractivity contribution in [1.29, 1.82) is 0 Å². The van der Waals surface area contributed by atoms with Crippen LogP contribution in [0.4, 0.5) is 5.69 Å². The molecular weight excluding hydrogens is 346 g/mol. The number of oxazole rings is 1. The first kappa shape index (κ1) is 18.4. The highest BCUT2D eigenvalue weighted by molar-refractivity contribution is 5.98. The number of aromatic nitrogens is 1. The van der Waals surface area contributed by atoms with Gasteiger partial charge in [-0.2, -0.15) is 0 Å². The van der Waals surface area contributed by atoms with E-state index in [1.165, 1.54) is 0 Å². The molecule has 3 rings (SSSR count). The van der Waals surface area contributed by atoms with E-state index in [2.05, 4.69) is 15.6 Å². The normalized spacial score (nSPS) is 12.1. The molecule has 1 atom stereocenters. The maximum Gasteiger partial charge on any atom is 0.417 e. The van der Waals surface area contributed by atoms with Crippen molar-refractivity contribution in [3.8, 4) is 0 Å². The van der Waals surface area contributed by atoms with E-state index < -0.39 is 11.8 Å². The molecule has 0 saturated heterocycles. The molecule has 2 aromatic carbocycles. The van der Waals surface area contributed by atoms with Crippen molar-refractivity contribution in [2.24, 2.45) is 5.92 Å². The summed E-state index contributed by atoms with van der Waals surface area (Å²) in [5.41, 5.74) is 2.29. The SMILES string of the molecule is CC(C)C(NC(=O)Cc1ccccc1)C(=O)Nc1ccc2oc(=O)[nH]c2c1. The van der Waals surface area contributed by atoms with Gasteiger partial charge in [-0.15, -0.1) is 0 Å². The second kappa shape index (κ2) is 7.90. The Balaban J connectivity index is 1.68. The highest BCUT2D eigenvalue weighted by atomic mass is 16.4. The number of H-pyrrole nitrogens is 1. The largest absolute Gasteiger partial charge is 0.417 e. The molecule has 0 fully saturated rings. The van der Waals surface area contributed by atoms with E-state index in [0.717, 1.165) is 5.56 Å². The van der Waals surface area contributed by atoms with Gasteiger partial charge in [0.25, 0.3) is 0 Å². The average molecular weight is 367 g/mol. The number of carbonyl (C=O) groups is 2. The van der Waals surface area contributed by atoms with Crippen molar-refractivity contribution in [2.45, 2.75) is 26.3 Å². The minimum atomic E-state index is -0.680. The highest BCUT2D eigenvalue weighted by Crippen LogP contribution is 2.17. The molecule has 0 aliphatic heterocycles. The topological polar surface area (TPSA) is 104 Å². The molecule has 0 aliphatic carbocycles. The molecule has 0 radical (unpaired) electrons. The third kappa shape index (κ3) is 4.63. The monoisotopic (exact) mass is 367 g/mol. The van der Waals surface area contributed by atoms with E-state index in [1.807, 2.05) is 44.2 Å². The summed E-state index contributed by atoms with van der Waals surface area (Å²) in [6, 6.07) is 13.5. The van der Waals surface area contributed by atoms with Gasteiger partial charge in [-0.25, -0.2) is 4.79 Å². The molecule has 7 nitrogen and oxygen atoms in total. The van der Waals surface area contributed by atoms with Gasteiger partial charge in [-0.05, 0) is 29.7 Å². The van der Waals surface area contributed by atoms with Gasteiger partial charge in [0.2, 0.25) is 11.8 Å². The molecule has 0 saturated carbocycles. The fourth-order valence-electron chi connectivity index (χ4n) is 2.79. The van der Waals surface area contributed by atoms with Gasteiger partial charge in [-0.3, -0.25) is 14.6 Å². The van der Waals surface area contributed by atoms with Crippen LogP contribution in [0.1, 0.15) is 19.4 Å². The fourth-order valence-corrected chi connectivity index (χ4v) is 2.79. The molecule has 3 N–H and O–H groups in total. The standard InChI is InChI=1S/C20H21N3O4/c1-12(2)18(23-17(24)10-13-6-4-3-5-7-13)19(25)21-14-8-9-16-15(11-14)22-20(26)27-16/h3-9,11-12,18H,10H2,1-2H3,(H,21,25)(H,22,26)(H,23,24). The lowest BCUT2D eigenvalue weighted by Gasteiger charge is -2.21. The summed E-state index contributed by atoms with van der Waals surface area (Å²) >= 11 is 0. The van der Waals surface area contributed by atoms with Crippen LogP contribution in [0.5, 0.6) is 0 Å². The van der Waals surface area contributed by atoms with Crippen LogP contribution in [0.3, 0.4) is 0 Å². The summed E-state index contributed by atoms with van der Waals surface area (Å²) in [6.07, 6.45) is 0.208. The van der Waals surface area contributed by atoms with Crippen LogP contribution in [0.2, 0.25) is 0 Å². The highest BCUT2D eigenvalue weighted by Gasteiger charge is 2.24. The van der Waals surface area contributed by atoms with Gasteiger partial charge in [-0.1, -0.05) is 44.2 Å². The van der Waals surface area contributed by atoms with E-state index in [1.54, 1.807) is 18.2 Å². The first-order valence-electron chi connectivity index (χ1n) is 8.69. The Labute approximate surface area is 155 Å². The van der Waals surface area contributed by atoms with E-state index in [0.29, 0.717) is 16.8 Å². The Kier molecular flexibility index (Phi) is 5.40. The Morgan fingerprint density at radius 3 is 2.56 bits per heavy atom. The second-order valence-corrected chi connectivity index (χ2v) is 6.67. The number of amides is 2. The van der Waals surface area contributed by atoms with Crippen molar-refractivity contribution in [3.63, 3.8) is 0 Å². The Bertz CT molecular complexity index is 1000. The lowest BCUT2D eigenvalue weighted by Crippen LogP contribution is -2.47. The number of anilines is 1. The zero-order valence-electron chi connectivity index (χ0n) is 15.1. The summed E-state index contributed by atoms with van der Waals surface area (Å²) in [7, 11) is 0. The molecule has 0 aliphatic rings. The minimum Gasteiger partial charge on any atom is -0.408 e. The number of fused-ring (bicyclic) bond motifs is 1. The van der Waals surface area contributed by atoms with Crippen molar-refractivity contribution in [2.75, 3.05) is 5.32 Å². The summed E-state index contributed by atoms with van der Waals surface area (Å²) in [4.78, 5) is 38.8. The maximum absolute atomic E-state index is 12.7. The fraction of sp³-hybridized carbons (Fsp3) is 0.250. The number of nitrogens with one attached hydrogen (secondary N) is 3. The molecule has 3 aromatic rings. The van der Waals surface area contributed by atoms with Crippen LogP contribution in [-0.2, 0) is 16.0 Å². The van der Waals surface area contributed by atoms with E-state index in [9.17, 15) is 14.4 Å². The lowest BCUT2D eigenvalue weighted by molar-refractivity contribution is -0.127. The average Bonchev–Trinajstić information content (AvgIpc) is 2.99. The van der Waals surface area contributed by atoms with Crippen LogP contribution >= 0.6 is 0 Å². The van der Waals surface area contributed by atoms with Gasteiger partial charge in [0.1, 0.15) is 6.04 Å². The third-order valence-corrected chi connectivity index (χ3v) is 4.16. The molecule has 2 amide bonds. The summed E-state index contributed by atoms with van der Waals surface area (Å²) in [5, 5.41) is 5.58.